The molecule has 1 heterocycles. The van der Waals surface area contributed by atoms with Crippen molar-refractivity contribution < 1.29 is 9.63 Å². The second kappa shape index (κ2) is 6.86. The van der Waals surface area contributed by atoms with Crippen LogP contribution < -0.4 is 0 Å². The zero-order valence-electron chi connectivity index (χ0n) is 13.7. The van der Waals surface area contributed by atoms with Crippen LogP contribution in [0.15, 0.2) is 93.9 Å². The van der Waals surface area contributed by atoms with Crippen molar-refractivity contribution in [1.82, 2.24) is 10.1 Å². The lowest BCUT2D eigenvalue weighted by Crippen LogP contribution is -2.29. The van der Waals surface area contributed by atoms with Gasteiger partial charge in [-0.05, 0) is 35.4 Å². The first-order valence-electron chi connectivity index (χ1n) is 8.11. The van der Waals surface area contributed by atoms with Crippen LogP contribution in [0.25, 0.3) is 11.4 Å². The molecule has 0 amide bonds. The summed E-state index contributed by atoms with van der Waals surface area (Å²) in [5.41, 5.74) is 0.615. The van der Waals surface area contributed by atoms with E-state index in [4.69, 9.17) is 4.52 Å². The summed E-state index contributed by atoms with van der Waals surface area (Å²) in [7, 11) is 0. The Labute approximate surface area is 159 Å². The van der Waals surface area contributed by atoms with Crippen molar-refractivity contribution in [3.05, 3.63) is 106 Å². The molecule has 0 aliphatic carbocycles. The summed E-state index contributed by atoms with van der Waals surface area (Å²) in [6, 6.07) is 26.3. The average molecular weight is 407 g/mol. The van der Waals surface area contributed by atoms with Gasteiger partial charge in [0.2, 0.25) is 5.82 Å². The monoisotopic (exact) mass is 406 g/mol. The predicted molar refractivity (Wildman–Crippen MR) is 102 cm³/mol. The Morgan fingerprint density at radius 2 is 1.31 bits per heavy atom. The van der Waals surface area contributed by atoms with Gasteiger partial charge in [-0.3, -0.25) is 0 Å². The fraction of sp³-hybridized carbons (Fsp3) is 0.0476. The SMILES string of the molecule is OC(c1ccccc1)(c1ccccc1)c1nc(-c2ccc(Br)cc2)no1. The third kappa shape index (κ3) is 2.96. The quantitative estimate of drug-likeness (QED) is 0.529. The average Bonchev–Trinajstić information content (AvgIpc) is 3.20. The van der Waals surface area contributed by atoms with Crippen LogP contribution in [-0.4, -0.2) is 15.2 Å². The van der Waals surface area contributed by atoms with Crippen LogP contribution in [0, 0.1) is 0 Å². The summed E-state index contributed by atoms with van der Waals surface area (Å²) in [5.74, 6) is 0.561. The Balaban J connectivity index is 1.85. The highest BCUT2D eigenvalue weighted by molar-refractivity contribution is 9.10. The molecule has 4 nitrogen and oxygen atoms in total. The number of hydrogen-bond donors (Lipinski definition) is 1. The van der Waals surface area contributed by atoms with E-state index in [-0.39, 0.29) is 5.89 Å². The second-order valence-electron chi connectivity index (χ2n) is 5.87. The van der Waals surface area contributed by atoms with E-state index >= 15 is 0 Å². The third-order valence-electron chi connectivity index (χ3n) is 4.22. The molecule has 26 heavy (non-hydrogen) atoms. The van der Waals surface area contributed by atoms with Crippen LogP contribution in [0.3, 0.4) is 0 Å². The molecule has 5 heteroatoms. The van der Waals surface area contributed by atoms with Crippen molar-refractivity contribution in [2.24, 2.45) is 0 Å². The predicted octanol–water partition coefficient (Wildman–Crippen LogP) is 4.78. The number of benzene rings is 3. The van der Waals surface area contributed by atoms with E-state index in [0.29, 0.717) is 17.0 Å². The van der Waals surface area contributed by atoms with Crippen molar-refractivity contribution in [3.63, 3.8) is 0 Å². The summed E-state index contributed by atoms with van der Waals surface area (Å²) in [6.07, 6.45) is 0. The Morgan fingerprint density at radius 1 is 0.769 bits per heavy atom. The molecule has 0 fully saturated rings. The van der Waals surface area contributed by atoms with Gasteiger partial charge in [-0.15, -0.1) is 0 Å². The van der Waals surface area contributed by atoms with Crippen LogP contribution in [0.4, 0.5) is 0 Å². The Kier molecular flexibility index (Phi) is 4.41. The molecule has 128 valence electrons. The molecule has 1 N–H and O–H groups in total. The van der Waals surface area contributed by atoms with Gasteiger partial charge in [0.15, 0.2) is 5.60 Å². The van der Waals surface area contributed by atoms with Crippen LogP contribution in [0.2, 0.25) is 0 Å². The second-order valence-corrected chi connectivity index (χ2v) is 6.79. The standard InChI is InChI=1S/C21H15BrN2O2/c22-18-13-11-15(12-14-18)19-23-20(26-24-19)21(25,16-7-3-1-4-8-16)17-9-5-2-6-10-17/h1-14,25H. The van der Waals surface area contributed by atoms with Crippen molar-refractivity contribution in [1.29, 1.82) is 0 Å². The maximum absolute atomic E-state index is 11.6. The lowest BCUT2D eigenvalue weighted by molar-refractivity contribution is 0.0850. The molecule has 4 aromatic rings. The molecule has 3 aromatic carbocycles. The van der Waals surface area contributed by atoms with Gasteiger partial charge < -0.3 is 9.63 Å². The van der Waals surface area contributed by atoms with Crippen LogP contribution in [0.5, 0.6) is 0 Å². The highest BCUT2D eigenvalue weighted by atomic mass is 79.9. The van der Waals surface area contributed by atoms with Gasteiger partial charge >= 0.3 is 0 Å². The number of rotatable bonds is 4. The number of aromatic nitrogens is 2. The van der Waals surface area contributed by atoms with E-state index in [2.05, 4.69) is 26.1 Å². The summed E-state index contributed by atoms with van der Waals surface area (Å²) < 4.78 is 6.47. The Morgan fingerprint density at radius 3 is 1.85 bits per heavy atom. The smallest absolute Gasteiger partial charge is 0.268 e. The minimum Gasteiger partial charge on any atom is -0.372 e. The fourth-order valence-electron chi connectivity index (χ4n) is 2.86. The first kappa shape index (κ1) is 16.7. The van der Waals surface area contributed by atoms with Gasteiger partial charge in [-0.1, -0.05) is 81.8 Å². The first-order valence-corrected chi connectivity index (χ1v) is 8.91. The number of nitrogens with zero attached hydrogens (tertiary/aromatic N) is 2. The zero-order chi connectivity index (χ0) is 18.0. The molecule has 0 atom stereocenters. The minimum absolute atomic E-state index is 0.132. The molecule has 0 aliphatic heterocycles. The summed E-state index contributed by atoms with van der Waals surface area (Å²) in [6.45, 7) is 0. The maximum atomic E-state index is 11.6. The Hall–Kier alpha value is -2.76. The van der Waals surface area contributed by atoms with E-state index in [1.807, 2.05) is 84.9 Å². The van der Waals surface area contributed by atoms with Gasteiger partial charge in [0, 0.05) is 10.0 Å². The van der Waals surface area contributed by atoms with Crippen LogP contribution >= 0.6 is 15.9 Å². The van der Waals surface area contributed by atoms with Gasteiger partial charge in [0.25, 0.3) is 5.89 Å². The fourth-order valence-corrected chi connectivity index (χ4v) is 3.12. The maximum Gasteiger partial charge on any atom is 0.268 e. The molecular weight excluding hydrogens is 392 g/mol. The molecule has 0 spiro atoms. The summed E-state index contributed by atoms with van der Waals surface area (Å²) in [5, 5.41) is 15.7. The van der Waals surface area contributed by atoms with Crippen molar-refractivity contribution >= 4 is 15.9 Å². The van der Waals surface area contributed by atoms with Crippen molar-refractivity contribution in [2.45, 2.75) is 5.60 Å². The van der Waals surface area contributed by atoms with Gasteiger partial charge in [0.1, 0.15) is 0 Å². The molecule has 0 saturated carbocycles. The molecule has 0 bridgehead atoms. The largest absolute Gasteiger partial charge is 0.372 e. The van der Waals surface area contributed by atoms with Gasteiger partial charge in [-0.25, -0.2) is 0 Å². The summed E-state index contributed by atoms with van der Waals surface area (Å²) in [4.78, 5) is 4.49. The van der Waals surface area contributed by atoms with Crippen molar-refractivity contribution in [2.75, 3.05) is 0 Å². The number of halogens is 1. The van der Waals surface area contributed by atoms with E-state index in [9.17, 15) is 5.11 Å². The van der Waals surface area contributed by atoms with Crippen molar-refractivity contribution in [3.8, 4) is 11.4 Å². The van der Waals surface area contributed by atoms with E-state index < -0.39 is 5.60 Å². The highest BCUT2D eigenvalue weighted by Crippen LogP contribution is 2.36. The van der Waals surface area contributed by atoms with Crippen LogP contribution in [0.1, 0.15) is 17.0 Å². The molecule has 4 rings (SSSR count). The number of hydrogen-bond acceptors (Lipinski definition) is 4. The molecule has 0 unspecified atom stereocenters. The lowest BCUT2D eigenvalue weighted by Gasteiger charge is -2.25. The van der Waals surface area contributed by atoms with Gasteiger partial charge in [-0.2, -0.15) is 4.98 Å². The van der Waals surface area contributed by atoms with E-state index in [1.54, 1.807) is 0 Å². The Bertz CT molecular complexity index is 960. The van der Waals surface area contributed by atoms with Crippen LogP contribution in [-0.2, 0) is 5.60 Å². The van der Waals surface area contributed by atoms with Gasteiger partial charge in [0.05, 0.1) is 0 Å². The van der Waals surface area contributed by atoms with E-state index in [0.717, 1.165) is 10.0 Å². The molecule has 0 radical (unpaired) electrons. The van der Waals surface area contributed by atoms with E-state index in [1.165, 1.54) is 0 Å². The highest BCUT2D eigenvalue weighted by Gasteiger charge is 2.39. The molecule has 0 saturated heterocycles. The first-order chi connectivity index (χ1) is 12.7. The minimum atomic E-state index is -1.52. The molecule has 0 aliphatic rings. The third-order valence-corrected chi connectivity index (χ3v) is 4.75. The molecular formula is C21H15BrN2O2. The summed E-state index contributed by atoms with van der Waals surface area (Å²) >= 11 is 3.41. The zero-order valence-corrected chi connectivity index (χ0v) is 15.3. The normalized spacial score (nSPS) is 11.5. The molecule has 1 aromatic heterocycles. The lowest BCUT2D eigenvalue weighted by atomic mass is 9.86. The number of aliphatic hydroxyl groups is 1. The topological polar surface area (TPSA) is 59.2 Å².